The highest BCUT2D eigenvalue weighted by Gasteiger charge is 2.18. The van der Waals surface area contributed by atoms with Crippen molar-refractivity contribution in [2.24, 2.45) is 5.92 Å². The molecule has 0 aliphatic carbocycles. The van der Waals surface area contributed by atoms with Crippen LogP contribution in [0.25, 0.3) is 0 Å². The molecular formula is C12H15FO2S. The topological polar surface area (TPSA) is 26.3 Å². The third-order valence-electron chi connectivity index (χ3n) is 2.40. The Labute approximate surface area is 100 Å². The van der Waals surface area contributed by atoms with Crippen LogP contribution >= 0.6 is 12.6 Å². The fourth-order valence-corrected chi connectivity index (χ4v) is 1.24. The van der Waals surface area contributed by atoms with E-state index in [1.165, 1.54) is 18.2 Å². The molecule has 0 amide bonds. The second-order valence-corrected chi connectivity index (χ2v) is 4.53. The van der Waals surface area contributed by atoms with E-state index in [1.54, 1.807) is 6.92 Å². The molecule has 88 valence electrons. The lowest BCUT2D eigenvalue weighted by Gasteiger charge is -2.16. The maximum absolute atomic E-state index is 13.3. The van der Waals surface area contributed by atoms with Gasteiger partial charge in [0, 0.05) is 4.90 Å². The molecule has 0 N–H and O–H groups in total. The van der Waals surface area contributed by atoms with E-state index in [9.17, 15) is 9.18 Å². The summed E-state index contributed by atoms with van der Waals surface area (Å²) in [6.45, 7) is 5.65. The molecule has 16 heavy (non-hydrogen) atoms. The van der Waals surface area contributed by atoms with Crippen LogP contribution < -0.4 is 0 Å². The molecule has 1 unspecified atom stereocenters. The number of hydrogen-bond acceptors (Lipinski definition) is 3. The van der Waals surface area contributed by atoms with Crippen LogP contribution in [0.4, 0.5) is 4.39 Å². The summed E-state index contributed by atoms with van der Waals surface area (Å²) in [5, 5.41) is 0. The van der Waals surface area contributed by atoms with Crippen molar-refractivity contribution in [1.82, 2.24) is 0 Å². The Hall–Kier alpha value is -1.03. The molecule has 0 aromatic heterocycles. The van der Waals surface area contributed by atoms with Gasteiger partial charge in [-0.25, -0.2) is 9.18 Å². The number of ether oxygens (including phenoxy) is 1. The lowest BCUT2D eigenvalue weighted by Crippen LogP contribution is -2.20. The van der Waals surface area contributed by atoms with E-state index in [2.05, 4.69) is 12.6 Å². The Balaban J connectivity index is 2.84. The zero-order chi connectivity index (χ0) is 12.3. The van der Waals surface area contributed by atoms with Crippen molar-refractivity contribution in [2.45, 2.75) is 31.8 Å². The summed E-state index contributed by atoms with van der Waals surface area (Å²) < 4.78 is 18.5. The number of halogens is 1. The molecule has 0 bridgehead atoms. The summed E-state index contributed by atoms with van der Waals surface area (Å²) in [7, 11) is 0. The zero-order valence-electron chi connectivity index (χ0n) is 9.53. The largest absolute Gasteiger partial charge is 0.459 e. The van der Waals surface area contributed by atoms with Gasteiger partial charge in [-0.15, -0.1) is 12.6 Å². The molecule has 0 saturated carbocycles. The lowest BCUT2D eigenvalue weighted by atomic mass is 10.1. The minimum Gasteiger partial charge on any atom is -0.459 e. The van der Waals surface area contributed by atoms with Crippen molar-refractivity contribution in [1.29, 1.82) is 0 Å². The molecule has 0 saturated heterocycles. The van der Waals surface area contributed by atoms with Crippen molar-refractivity contribution < 1.29 is 13.9 Å². The molecule has 1 aromatic rings. The van der Waals surface area contributed by atoms with Gasteiger partial charge in [-0.3, -0.25) is 0 Å². The maximum atomic E-state index is 13.3. The van der Waals surface area contributed by atoms with Crippen LogP contribution in [0.2, 0.25) is 0 Å². The van der Waals surface area contributed by atoms with E-state index in [0.717, 1.165) is 0 Å². The monoisotopic (exact) mass is 242 g/mol. The Morgan fingerprint density at radius 3 is 2.56 bits per heavy atom. The predicted molar refractivity (Wildman–Crippen MR) is 63.4 cm³/mol. The van der Waals surface area contributed by atoms with Crippen molar-refractivity contribution >= 4 is 18.6 Å². The molecule has 1 atom stereocenters. The first-order valence-corrected chi connectivity index (χ1v) is 5.56. The normalized spacial score (nSPS) is 12.6. The minimum atomic E-state index is -0.644. The molecule has 2 nitrogen and oxygen atoms in total. The molecule has 0 heterocycles. The quantitative estimate of drug-likeness (QED) is 0.650. The van der Waals surface area contributed by atoms with Crippen LogP contribution in [0, 0.1) is 11.7 Å². The van der Waals surface area contributed by atoms with Crippen LogP contribution in [-0.2, 0) is 4.74 Å². The van der Waals surface area contributed by atoms with Gasteiger partial charge in [-0.2, -0.15) is 0 Å². The molecular weight excluding hydrogens is 227 g/mol. The van der Waals surface area contributed by atoms with Gasteiger partial charge in [-0.05, 0) is 31.0 Å². The number of thiol groups is 1. The fourth-order valence-electron chi connectivity index (χ4n) is 1.04. The minimum absolute atomic E-state index is 0.0694. The van der Waals surface area contributed by atoms with Crippen LogP contribution in [-0.4, -0.2) is 12.1 Å². The Bertz CT molecular complexity index is 391. The standard InChI is InChI=1S/C12H15FO2S/c1-7(2)8(3)15-12(14)10-6-9(16)4-5-11(10)13/h4-8,16H,1-3H3. The molecule has 0 aliphatic rings. The number of carbonyl (C=O) groups is 1. The van der Waals surface area contributed by atoms with Gasteiger partial charge in [0.2, 0.25) is 0 Å². The Kier molecular flexibility index (Phi) is 4.35. The second kappa shape index (κ2) is 5.34. The maximum Gasteiger partial charge on any atom is 0.341 e. The molecule has 1 aromatic carbocycles. The van der Waals surface area contributed by atoms with Crippen molar-refractivity contribution in [3.05, 3.63) is 29.6 Å². The Morgan fingerprint density at radius 1 is 1.38 bits per heavy atom. The smallest absolute Gasteiger partial charge is 0.341 e. The SMILES string of the molecule is CC(C)C(C)OC(=O)c1cc(S)ccc1F. The third kappa shape index (κ3) is 3.23. The van der Waals surface area contributed by atoms with Crippen LogP contribution in [0.5, 0.6) is 0 Å². The van der Waals surface area contributed by atoms with E-state index in [1.807, 2.05) is 13.8 Å². The van der Waals surface area contributed by atoms with Gasteiger partial charge in [0.1, 0.15) is 11.9 Å². The third-order valence-corrected chi connectivity index (χ3v) is 2.68. The molecule has 0 radical (unpaired) electrons. The van der Waals surface area contributed by atoms with E-state index < -0.39 is 11.8 Å². The van der Waals surface area contributed by atoms with E-state index in [-0.39, 0.29) is 17.6 Å². The van der Waals surface area contributed by atoms with Crippen molar-refractivity contribution in [3.63, 3.8) is 0 Å². The first kappa shape index (κ1) is 13.0. The average molecular weight is 242 g/mol. The van der Waals surface area contributed by atoms with Crippen molar-refractivity contribution in [3.8, 4) is 0 Å². The average Bonchev–Trinajstić information content (AvgIpc) is 2.21. The first-order valence-electron chi connectivity index (χ1n) is 5.11. The summed E-state index contributed by atoms with van der Waals surface area (Å²) in [6, 6.07) is 4.06. The summed E-state index contributed by atoms with van der Waals surface area (Å²) in [6.07, 6.45) is -0.240. The van der Waals surface area contributed by atoms with Crippen molar-refractivity contribution in [2.75, 3.05) is 0 Å². The molecule has 1 rings (SSSR count). The number of carbonyl (C=O) groups excluding carboxylic acids is 1. The number of hydrogen-bond donors (Lipinski definition) is 1. The number of esters is 1. The molecule has 0 fully saturated rings. The highest BCUT2D eigenvalue weighted by Crippen LogP contribution is 2.16. The van der Waals surface area contributed by atoms with Gasteiger partial charge in [-0.1, -0.05) is 13.8 Å². The zero-order valence-corrected chi connectivity index (χ0v) is 10.4. The van der Waals surface area contributed by atoms with E-state index in [4.69, 9.17) is 4.74 Å². The fraction of sp³-hybridized carbons (Fsp3) is 0.417. The lowest BCUT2D eigenvalue weighted by molar-refractivity contribution is 0.0232. The summed E-state index contributed by atoms with van der Waals surface area (Å²) >= 11 is 4.05. The van der Waals surface area contributed by atoms with Crippen LogP contribution in [0.15, 0.2) is 23.1 Å². The highest BCUT2D eigenvalue weighted by molar-refractivity contribution is 7.80. The molecule has 0 spiro atoms. The molecule has 4 heteroatoms. The van der Waals surface area contributed by atoms with Gasteiger partial charge in [0.15, 0.2) is 0 Å². The van der Waals surface area contributed by atoms with E-state index >= 15 is 0 Å². The number of rotatable bonds is 3. The summed E-state index contributed by atoms with van der Waals surface area (Å²) in [5.74, 6) is -1.03. The van der Waals surface area contributed by atoms with Crippen LogP contribution in [0.1, 0.15) is 31.1 Å². The van der Waals surface area contributed by atoms with Crippen LogP contribution in [0.3, 0.4) is 0 Å². The Morgan fingerprint density at radius 2 is 2.00 bits per heavy atom. The van der Waals surface area contributed by atoms with Gasteiger partial charge < -0.3 is 4.74 Å². The number of benzene rings is 1. The molecule has 0 aliphatic heterocycles. The summed E-state index contributed by atoms with van der Waals surface area (Å²) in [5.41, 5.74) is -0.0694. The van der Waals surface area contributed by atoms with Gasteiger partial charge in [0.25, 0.3) is 0 Å². The predicted octanol–water partition coefficient (Wildman–Crippen LogP) is 3.32. The first-order chi connectivity index (χ1) is 7.41. The van der Waals surface area contributed by atoms with Gasteiger partial charge in [0.05, 0.1) is 5.56 Å². The van der Waals surface area contributed by atoms with Gasteiger partial charge >= 0.3 is 5.97 Å². The summed E-state index contributed by atoms with van der Waals surface area (Å²) in [4.78, 5) is 12.2. The van der Waals surface area contributed by atoms with E-state index in [0.29, 0.717) is 4.90 Å². The highest BCUT2D eigenvalue weighted by atomic mass is 32.1. The second-order valence-electron chi connectivity index (χ2n) is 4.02.